The Labute approximate surface area is 183 Å². The van der Waals surface area contributed by atoms with Gasteiger partial charge in [0.05, 0.1) is 16.5 Å². The van der Waals surface area contributed by atoms with Gasteiger partial charge in [0.1, 0.15) is 0 Å². The van der Waals surface area contributed by atoms with Gasteiger partial charge in [0.15, 0.2) is 0 Å². The van der Waals surface area contributed by atoms with Gasteiger partial charge in [-0.2, -0.15) is 5.26 Å². The molecule has 0 atom stereocenters. The molecule has 150 valence electrons. The Morgan fingerprint density at radius 1 is 0.967 bits per heavy atom. The highest BCUT2D eigenvalue weighted by Crippen LogP contribution is 2.21. The number of anilines is 2. The Morgan fingerprint density at radius 2 is 1.67 bits per heavy atom. The van der Waals surface area contributed by atoms with E-state index in [2.05, 4.69) is 26.0 Å². The van der Waals surface area contributed by atoms with Crippen molar-refractivity contribution in [2.24, 2.45) is 0 Å². The maximum absolute atomic E-state index is 12.6. The smallest absolute Gasteiger partial charge is 0.261 e. The molecule has 30 heavy (non-hydrogen) atoms. The van der Waals surface area contributed by atoms with E-state index in [0.717, 1.165) is 10.0 Å². The summed E-state index contributed by atoms with van der Waals surface area (Å²) in [5, 5.41) is 11.4. The molecule has 3 aromatic rings. The Balaban J connectivity index is 1.69. The molecule has 0 saturated carbocycles. The summed E-state index contributed by atoms with van der Waals surface area (Å²) >= 11 is 3.30. The number of hydrogen-bond donors (Lipinski definition) is 2. The van der Waals surface area contributed by atoms with Crippen LogP contribution in [-0.4, -0.2) is 14.3 Å². The van der Waals surface area contributed by atoms with Gasteiger partial charge in [-0.15, -0.1) is 0 Å². The number of hydrogen-bond acceptors (Lipinski definition) is 4. The predicted molar refractivity (Wildman–Crippen MR) is 120 cm³/mol. The maximum Gasteiger partial charge on any atom is 0.261 e. The van der Waals surface area contributed by atoms with Gasteiger partial charge in [0.2, 0.25) is 5.91 Å². The fourth-order valence-corrected chi connectivity index (χ4v) is 3.87. The lowest BCUT2D eigenvalue weighted by molar-refractivity contribution is -0.111. The van der Waals surface area contributed by atoms with Crippen molar-refractivity contribution in [2.75, 3.05) is 10.0 Å². The van der Waals surface area contributed by atoms with Crippen molar-refractivity contribution in [2.45, 2.75) is 4.90 Å². The first-order valence-corrected chi connectivity index (χ1v) is 11.0. The van der Waals surface area contributed by atoms with Crippen molar-refractivity contribution >= 4 is 49.3 Å². The third-order valence-electron chi connectivity index (χ3n) is 3.98. The van der Waals surface area contributed by atoms with Crippen LogP contribution in [0.5, 0.6) is 0 Å². The van der Waals surface area contributed by atoms with E-state index in [9.17, 15) is 13.2 Å². The normalized spacial score (nSPS) is 11.1. The lowest BCUT2D eigenvalue weighted by Gasteiger charge is -2.10. The summed E-state index contributed by atoms with van der Waals surface area (Å²) in [5.74, 6) is -0.408. The van der Waals surface area contributed by atoms with Crippen LogP contribution in [0.25, 0.3) is 6.08 Å². The van der Waals surface area contributed by atoms with E-state index in [1.807, 2.05) is 6.07 Å². The van der Waals surface area contributed by atoms with Crippen molar-refractivity contribution in [3.63, 3.8) is 0 Å². The standard InChI is InChI=1S/C22H16BrN3O3S/c23-18-9-11-19(12-10-18)26-30(28,29)21-3-1-2-20(14-21)25-22(27)13-8-16-4-6-17(15-24)7-5-16/h1-14,26H,(H,25,27)/b13-8+. The van der Waals surface area contributed by atoms with Crippen LogP contribution < -0.4 is 10.0 Å². The van der Waals surface area contributed by atoms with Crippen molar-refractivity contribution in [1.82, 2.24) is 0 Å². The van der Waals surface area contributed by atoms with Crippen molar-refractivity contribution in [3.8, 4) is 6.07 Å². The van der Waals surface area contributed by atoms with Crippen molar-refractivity contribution < 1.29 is 13.2 Å². The van der Waals surface area contributed by atoms with Crippen LogP contribution in [0.4, 0.5) is 11.4 Å². The molecule has 0 aliphatic carbocycles. The molecular formula is C22H16BrN3O3S. The average Bonchev–Trinajstić information content (AvgIpc) is 2.74. The van der Waals surface area contributed by atoms with Crippen LogP contribution in [0.15, 0.2) is 88.2 Å². The Hall–Kier alpha value is -3.41. The summed E-state index contributed by atoms with van der Waals surface area (Å²) < 4.78 is 28.6. The minimum Gasteiger partial charge on any atom is -0.322 e. The minimum atomic E-state index is -3.81. The van der Waals surface area contributed by atoms with Crippen molar-refractivity contribution in [1.29, 1.82) is 5.26 Å². The second-order valence-electron chi connectivity index (χ2n) is 6.20. The van der Waals surface area contributed by atoms with Crippen LogP contribution in [0.2, 0.25) is 0 Å². The minimum absolute atomic E-state index is 0.0271. The fraction of sp³-hybridized carbons (Fsp3) is 0. The molecule has 0 heterocycles. The summed E-state index contributed by atoms with van der Waals surface area (Å²) in [6.07, 6.45) is 2.94. The molecular weight excluding hydrogens is 466 g/mol. The molecule has 6 nitrogen and oxygen atoms in total. The second-order valence-corrected chi connectivity index (χ2v) is 8.79. The molecule has 2 N–H and O–H groups in total. The van der Waals surface area contributed by atoms with E-state index in [1.165, 1.54) is 18.2 Å². The Morgan fingerprint density at radius 3 is 2.33 bits per heavy atom. The highest BCUT2D eigenvalue weighted by molar-refractivity contribution is 9.10. The Bertz CT molecular complexity index is 1230. The van der Waals surface area contributed by atoms with Gasteiger partial charge in [-0.3, -0.25) is 9.52 Å². The predicted octanol–water partition coefficient (Wildman–Crippen LogP) is 4.77. The van der Waals surface area contributed by atoms with E-state index in [-0.39, 0.29) is 4.90 Å². The lowest BCUT2D eigenvalue weighted by Crippen LogP contribution is -2.14. The number of halogens is 1. The zero-order valence-corrected chi connectivity index (χ0v) is 17.9. The third kappa shape index (κ3) is 5.80. The van der Waals surface area contributed by atoms with Gasteiger partial charge in [0.25, 0.3) is 10.0 Å². The van der Waals surface area contributed by atoms with Gasteiger partial charge in [-0.1, -0.05) is 34.1 Å². The average molecular weight is 482 g/mol. The molecule has 0 fully saturated rings. The van der Waals surface area contributed by atoms with Crippen LogP contribution in [0, 0.1) is 11.3 Å². The molecule has 0 bridgehead atoms. The Kier molecular flexibility index (Phi) is 6.67. The van der Waals surface area contributed by atoms with E-state index in [4.69, 9.17) is 5.26 Å². The first-order chi connectivity index (χ1) is 14.4. The molecule has 0 saturated heterocycles. The lowest BCUT2D eigenvalue weighted by atomic mass is 10.1. The highest BCUT2D eigenvalue weighted by Gasteiger charge is 2.15. The zero-order valence-electron chi connectivity index (χ0n) is 15.5. The largest absolute Gasteiger partial charge is 0.322 e. The monoisotopic (exact) mass is 481 g/mol. The SMILES string of the molecule is N#Cc1ccc(/C=C/C(=O)Nc2cccc(S(=O)(=O)Nc3ccc(Br)cc3)c2)cc1. The van der Waals surface area contributed by atoms with Crippen molar-refractivity contribution in [3.05, 3.63) is 94.5 Å². The molecule has 8 heteroatoms. The van der Waals surface area contributed by atoms with Gasteiger partial charge < -0.3 is 5.32 Å². The maximum atomic E-state index is 12.6. The summed E-state index contributed by atoms with van der Waals surface area (Å²) in [4.78, 5) is 12.2. The number of nitrogens with one attached hydrogen (secondary N) is 2. The second kappa shape index (κ2) is 9.39. The van der Waals surface area contributed by atoms with E-state index >= 15 is 0 Å². The van der Waals surface area contributed by atoms with E-state index in [0.29, 0.717) is 16.9 Å². The number of benzene rings is 3. The summed E-state index contributed by atoms with van der Waals surface area (Å²) in [6.45, 7) is 0. The van der Waals surface area contributed by atoms with E-state index in [1.54, 1.807) is 66.7 Å². The number of carbonyl (C=O) groups excluding carboxylic acids is 1. The van der Waals surface area contributed by atoms with Crippen LogP contribution in [0.1, 0.15) is 11.1 Å². The van der Waals surface area contributed by atoms with Crippen LogP contribution >= 0.6 is 15.9 Å². The molecule has 0 radical (unpaired) electrons. The number of carbonyl (C=O) groups is 1. The molecule has 3 rings (SSSR count). The van der Waals surface area contributed by atoms with Crippen LogP contribution in [0.3, 0.4) is 0 Å². The molecule has 0 aliphatic rings. The summed E-state index contributed by atoms with van der Waals surface area (Å²) in [6, 6.07) is 21.5. The number of nitriles is 1. The number of amides is 1. The third-order valence-corrected chi connectivity index (χ3v) is 5.88. The zero-order chi connectivity index (χ0) is 21.6. The molecule has 3 aromatic carbocycles. The molecule has 0 unspecified atom stereocenters. The van der Waals surface area contributed by atoms with Gasteiger partial charge in [-0.05, 0) is 66.2 Å². The number of nitrogens with zero attached hydrogens (tertiary/aromatic N) is 1. The fourth-order valence-electron chi connectivity index (χ4n) is 2.50. The summed E-state index contributed by atoms with van der Waals surface area (Å²) in [7, 11) is -3.81. The quantitative estimate of drug-likeness (QED) is 0.495. The summed E-state index contributed by atoms with van der Waals surface area (Å²) in [5.41, 5.74) is 2.08. The number of sulfonamides is 1. The number of rotatable bonds is 6. The molecule has 1 amide bonds. The topological polar surface area (TPSA) is 99.1 Å². The highest BCUT2D eigenvalue weighted by atomic mass is 79.9. The van der Waals surface area contributed by atoms with Gasteiger partial charge >= 0.3 is 0 Å². The van der Waals surface area contributed by atoms with Crippen LogP contribution in [-0.2, 0) is 14.8 Å². The van der Waals surface area contributed by atoms with E-state index < -0.39 is 15.9 Å². The molecule has 0 aromatic heterocycles. The molecule has 0 aliphatic heterocycles. The molecule has 0 spiro atoms. The van der Waals surface area contributed by atoms with Gasteiger partial charge in [-0.25, -0.2) is 8.42 Å². The first-order valence-electron chi connectivity index (χ1n) is 8.73. The van der Waals surface area contributed by atoms with Gasteiger partial charge in [0, 0.05) is 21.9 Å². The first kappa shape index (κ1) is 21.3.